The molecule has 3 aromatic rings. The van der Waals surface area contributed by atoms with Crippen molar-refractivity contribution in [3.8, 4) is 11.5 Å². The van der Waals surface area contributed by atoms with E-state index in [1.807, 2.05) is 30.5 Å². The number of benzene rings is 2. The van der Waals surface area contributed by atoms with E-state index in [-0.39, 0.29) is 18.6 Å². The van der Waals surface area contributed by atoms with Gasteiger partial charge in [0.1, 0.15) is 5.41 Å². The van der Waals surface area contributed by atoms with Crippen LogP contribution >= 0.6 is 0 Å². The van der Waals surface area contributed by atoms with E-state index in [9.17, 15) is 9.59 Å². The number of aromatic amines is 1. The molecule has 0 bridgehead atoms. The Hall–Kier alpha value is -3.48. The van der Waals surface area contributed by atoms with Crippen LogP contribution in [0.25, 0.3) is 10.9 Å². The number of ether oxygens (including phenoxy) is 2. The molecule has 0 spiro atoms. The van der Waals surface area contributed by atoms with Crippen molar-refractivity contribution in [2.45, 2.75) is 20.3 Å². The molecule has 1 aliphatic heterocycles. The Morgan fingerprint density at radius 1 is 1.07 bits per heavy atom. The highest BCUT2D eigenvalue weighted by molar-refractivity contribution is 6.09. The fourth-order valence-electron chi connectivity index (χ4n) is 3.23. The second-order valence-corrected chi connectivity index (χ2v) is 7.51. The summed E-state index contributed by atoms with van der Waals surface area (Å²) in [6.45, 7) is 3.82. The standard InChI is InChI=1S/C22H23N3O4/c1-22(2,21(27)25-15-7-8-18-19(11-15)29-13-28-18)20(26)23-10-9-14-12-24-17-6-4-3-5-16(14)17/h3-8,11-12,24H,9-10,13H2,1-2H3,(H,23,26)(H,25,27). The van der Waals surface area contributed by atoms with E-state index in [0.717, 1.165) is 16.5 Å². The molecule has 150 valence electrons. The maximum absolute atomic E-state index is 12.7. The maximum atomic E-state index is 12.7. The molecular weight excluding hydrogens is 370 g/mol. The third-order valence-electron chi connectivity index (χ3n) is 5.12. The van der Waals surface area contributed by atoms with Gasteiger partial charge in [-0.3, -0.25) is 9.59 Å². The molecule has 1 aliphatic rings. The molecule has 7 nitrogen and oxygen atoms in total. The quantitative estimate of drug-likeness (QED) is 0.561. The first-order chi connectivity index (χ1) is 13.9. The number of para-hydroxylation sites is 1. The first kappa shape index (κ1) is 18.9. The summed E-state index contributed by atoms with van der Waals surface area (Å²) in [6, 6.07) is 13.2. The molecule has 29 heavy (non-hydrogen) atoms. The van der Waals surface area contributed by atoms with Crippen LogP contribution in [0.5, 0.6) is 11.5 Å². The lowest BCUT2D eigenvalue weighted by Gasteiger charge is -2.22. The van der Waals surface area contributed by atoms with Crippen LogP contribution in [0.1, 0.15) is 19.4 Å². The third kappa shape index (κ3) is 3.76. The zero-order valence-electron chi connectivity index (χ0n) is 16.4. The van der Waals surface area contributed by atoms with E-state index in [4.69, 9.17) is 9.47 Å². The van der Waals surface area contributed by atoms with Crippen LogP contribution in [0.3, 0.4) is 0 Å². The molecule has 7 heteroatoms. The minimum absolute atomic E-state index is 0.164. The SMILES string of the molecule is CC(C)(C(=O)NCCc1c[nH]c2ccccc12)C(=O)Nc1ccc2c(c1)OCO2. The van der Waals surface area contributed by atoms with Crippen molar-refractivity contribution in [1.82, 2.24) is 10.3 Å². The highest BCUT2D eigenvalue weighted by Gasteiger charge is 2.36. The van der Waals surface area contributed by atoms with Gasteiger partial charge in [0.25, 0.3) is 0 Å². The molecule has 0 fully saturated rings. The number of carbonyl (C=O) groups excluding carboxylic acids is 2. The number of nitrogens with one attached hydrogen (secondary N) is 3. The van der Waals surface area contributed by atoms with Crippen molar-refractivity contribution in [2.24, 2.45) is 5.41 Å². The second-order valence-electron chi connectivity index (χ2n) is 7.51. The Labute approximate surface area is 168 Å². The molecule has 0 saturated carbocycles. The maximum Gasteiger partial charge on any atom is 0.239 e. The van der Waals surface area contributed by atoms with Gasteiger partial charge in [0.05, 0.1) is 0 Å². The van der Waals surface area contributed by atoms with E-state index in [2.05, 4.69) is 15.6 Å². The number of rotatable bonds is 6. The van der Waals surface area contributed by atoms with Gasteiger partial charge in [0.2, 0.25) is 18.6 Å². The minimum Gasteiger partial charge on any atom is -0.454 e. The number of hydrogen-bond acceptors (Lipinski definition) is 4. The van der Waals surface area contributed by atoms with E-state index in [1.54, 1.807) is 32.0 Å². The average molecular weight is 393 g/mol. The largest absolute Gasteiger partial charge is 0.454 e. The highest BCUT2D eigenvalue weighted by atomic mass is 16.7. The van der Waals surface area contributed by atoms with Crippen molar-refractivity contribution in [3.05, 3.63) is 54.2 Å². The zero-order valence-corrected chi connectivity index (χ0v) is 16.4. The monoisotopic (exact) mass is 393 g/mol. The van der Waals surface area contributed by atoms with Gasteiger partial charge in [-0.25, -0.2) is 0 Å². The van der Waals surface area contributed by atoms with Crippen LogP contribution in [0, 0.1) is 5.41 Å². The number of fused-ring (bicyclic) bond motifs is 2. The van der Waals surface area contributed by atoms with Gasteiger partial charge in [-0.15, -0.1) is 0 Å². The van der Waals surface area contributed by atoms with Crippen molar-refractivity contribution in [3.63, 3.8) is 0 Å². The first-order valence-corrected chi connectivity index (χ1v) is 9.49. The average Bonchev–Trinajstić information content (AvgIpc) is 3.34. The minimum atomic E-state index is -1.23. The molecule has 4 rings (SSSR count). The van der Waals surface area contributed by atoms with Crippen LogP contribution in [0.2, 0.25) is 0 Å². The summed E-state index contributed by atoms with van der Waals surface area (Å²) in [7, 11) is 0. The molecule has 0 saturated heterocycles. The predicted octanol–water partition coefficient (Wildman–Crippen LogP) is 3.22. The number of anilines is 1. The Morgan fingerprint density at radius 2 is 1.86 bits per heavy atom. The van der Waals surface area contributed by atoms with Crippen molar-refractivity contribution in [1.29, 1.82) is 0 Å². The van der Waals surface area contributed by atoms with E-state index in [1.165, 1.54) is 0 Å². The van der Waals surface area contributed by atoms with Gasteiger partial charge in [-0.05, 0) is 44.0 Å². The summed E-state index contributed by atoms with van der Waals surface area (Å²) in [6.07, 6.45) is 2.63. The summed E-state index contributed by atoms with van der Waals surface area (Å²) in [4.78, 5) is 28.6. The Kier molecular flexibility index (Phi) is 4.88. The molecule has 0 unspecified atom stereocenters. The third-order valence-corrected chi connectivity index (χ3v) is 5.12. The molecule has 1 aromatic heterocycles. The smallest absolute Gasteiger partial charge is 0.239 e. The molecular formula is C22H23N3O4. The Bertz CT molecular complexity index is 1070. The predicted molar refractivity (Wildman–Crippen MR) is 110 cm³/mol. The van der Waals surface area contributed by atoms with Crippen LogP contribution in [0.4, 0.5) is 5.69 Å². The van der Waals surface area contributed by atoms with Gasteiger partial charge in [-0.1, -0.05) is 18.2 Å². The normalized spacial score (nSPS) is 12.8. The van der Waals surface area contributed by atoms with Crippen LogP contribution in [-0.2, 0) is 16.0 Å². The van der Waals surface area contributed by atoms with Gasteiger partial charge in [0, 0.05) is 35.4 Å². The lowest BCUT2D eigenvalue weighted by Crippen LogP contribution is -2.45. The van der Waals surface area contributed by atoms with E-state index >= 15 is 0 Å². The second kappa shape index (κ2) is 7.50. The van der Waals surface area contributed by atoms with Crippen LogP contribution < -0.4 is 20.1 Å². The number of aromatic nitrogens is 1. The Morgan fingerprint density at radius 3 is 2.72 bits per heavy atom. The van der Waals surface area contributed by atoms with Crippen LogP contribution in [-0.4, -0.2) is 30.1 Å². The van der Waals surface area contributed by atoms with Gasteiger partial charge in [-0.2, -0.15) is 0 Å². The van der Waals surface area contributed by atoms with Crippen molar-refractivity contribution < 1.29 is 19.1 Å². The summed E-state index contributed by atoms with van der Waals surface area (Å²) in [5.41, 5.74) is 1.52. The fraction of sp³-hybridized carbons (Fsp3) is 0.273. The summed E-state index contributed by atoms with van der Waals surface area (Å²) < 4.78 is 10.6. The number of H-pyrrole nitrogens is 1. The molecule has 0 aliphatic carbocycles. The number of amides is 2. The van der Waals surface area contributed by atoms with Crippen molar-refractivity contribution in [2.75, 3.05) is 18.7 Å². The first-order valence-electron chi connectivity index (χ1n) is 9.49. The zero-order chi connectivity index (χ0) is 20.4. The topological polar surface area (TPSA) is 92.5 Å². The summed E-state index contributed by atoms with van der Waals surface area (Å²) >= 11 is 0. The lowest BCUT2D eigenvalue weighted by atomic mass is 9.90. The number of carbonyl (C=O) groups is 2. The summed E-state index contributed by atoms with van der Waals surface area (Å²) in [5.74, 6) is 0.498. The lowest BCUT2D eigenvalue weighted by molar-refractivity contribution is -0.138. The van der Waals surface area contributed by atoms with Gasteiger partial charge < -0.3 is 25.1 Å². The van der Waals surface area contributed by atoms with E-state index in [0.29, 0.717) is 30.2 Å². The molecule has 0 atom stereocenters. The molecule has 0 radical (unpaired) electrons. The molecule has 3 N–H and O–H groups in total. The number of hydrogen-bond donors (Lipinski definition) is 3. The van der Waals surface area contributed by atoms with Gasteiger partial charge in [0.15, 0.2) is 11.5 Å². The van der Waals surface area contributed by atoms with Crippen LogP contribution in [0.15, 0.2) is 48.7 Å². The molecule has 2 aromatic carbocycles. The van der Waals surface area contributed by atoms with Gasteiger partial charge >= 0.3 is 0 Å². The van der Waals surface area contributed by atoms with E-state index < -0.39 is 5.41 Å². The highest BCUT2D eigenvalue weighted by Crippen LogP contribution is 2.34. The van der Waals surface area contributed by atoms with Crippen molar-refractivity contribution >= 4 is 28.4 Å². The molecule has 2 heterocycles. The fourth-order valence-corrected chi connectivity index (χ4v) is 3.23. The Balaban J connectivity index is 1.35. The summed E-state index contributed by atoms with van der Waals surface area (Å²) in [5, 5.41) is 6.80. The molecule has 2 amide bonds.